The van der Waals surface area contributed by atoms with Crippen molar-refractivity contribution in [3.8, 4) is 5.75 Å². The number of aromatic carboxylic acids is 1. The lowest BCUT2D eigenvalue weighted by molar-refractivity contribution is -0.129. The van der Waals surface area contributed by atoms with Crippen LogP contribution in [0.4, 0.5) is 0 Å². The topological polar surface area (TPSA) is 66.8 Å². The predicted octanol–water partition coefficient (Wildman–Crippen LogP) is 1.30. The van der Waals surface area contributed by atoms with Gasteiger partial charge in [-0.1, -0.05) is 0 Å². The maximum Gasteiger partial charge on any atom is 0.336 e. The molecule has 96 valence electrons. The van der Waals surface area contributed by atoms with Gasteiger partial charge in [0.25, 0.3) is 0 Å². The molecule has 2 rings (SSSR count). The molecule has 1 aromatic carbocycles. The van der Waals surface area contributed by atoms with Crippen LogP contribution in [0.2, 0.25) is 0 Å². The van der Waals surface area contributed by atoms with Crippen LogP contribution in [0.15, 0.2) is 12.1 Å². The third-order valence-corrected chi connectivity index (χ3v) is 3.23. The molecule has 1 aliphatic heterocycles. The fraction of sp³-hybridized carbons (Fsp3) is 0.385. The highest BCUT2D eigenvalue weighted by molar-refractivity contribution is 5.90. The van der Waals surface area contributed by atoms with Crippen molar-refractivity contribution in [1.29, 1.82) is 0 Å². The summed E-state index contributed by atoms with van der Waals surface area (Å²) in [5.41, 5.74) is 1.88. The highest BCUT2D eigenvalue weighted by Crippen LogP contribution is 2.28. The lowest BCUT2D eigenvalue weighted by Crippen LogP contribution is -2.35. The molecule has 1 amide bonds. The van der Waals surface area contributed by atoms with E-state index in [4.69, 9.17) is 4.74 Å². The standard InChI is InChI=1S/C13H15NO4/c1-8(15)14-4-3-9-5-10(18-2)6-11(13(16)17)12(9)7-14/h5-6H,3-4,7H2,1-2H3,(H,16,17). The Morgan fingerprint density at radius 3 is 2.67 bits per heavy atom. The number of rotatable bonds is 2. The van der Waals surface area contributed by atoms with Gasteiger partial charge in [-0.3, -0.25) is 4.79 Å². The minimum absolute atomic E-state index is 0.0344. The smallest absolute Gasteiger partial charge is 0.336 e. The molecule has 0 spiro atoms. The van der Waals surface area contributed by atoms with Gasteiger partial charge in [0.2, 0.25) is 5.91 Å². The molecule has 0 radical (unpaired) electrons. The van der Waals surface area contributed by atoms with Gasteiger partial charge in [-0.05, 0) is 29.7 Å². The molecule has 1 aromatic rings. The number of methoxy groups -OCH3 is 1. The van der Waals surface area contributed by atoms with Crippen LogP contribution in [0.3, 0.4) is 0 Å². The summed E-state index contributed by atoms with van der Waals surface area (Å²) in [5.74, 6) is -0.481. The van der Waals surface area contributed by atoms with E-state index in [0.29, 0.717) is 30.8 Å². The van der Waals surface area contributed by atoms with E-state index >= 15 is 0 Å². The Balaban J connectivity index is 2.48. The summed E-state index contributed by atoms with van der Waals surface area (Å²) >= 11 is 0. The molecule has 5 nitrogen and oxygen atoms in total. The normalized spacial score (nSPS) is 14.0. The van der Waals surface area contributed by atoms with E-state index in [1.165, 1.54) is 20.1 Å². The molecular weight excluding hydrogens is 234 g/mol. The van der Waals surface area contributed by atoms with Gasteiger partial charge in [0.05, 0.1) is 12.7 Å². The zero-order valence-corrected chi connectivity index (χ0v) is 10.4. The zero-order chi connectivity index (χ0) is 13.3. The minimum atomic E-state index is -0.990. The van der Waals surface area contributed by atoms with Crippen molar-refractivity contribution < 1.29 is 19.4 Å². The Bertz CT molecular complexity index is 510. The van der Waals surface area contributed by atoms with Gasteiger partial charge in [0.15, 0.2) is 0 Å². The van der Waals surface area contributed by atoms with Crippen molar-refractivity contribution in [2.24, 2.45) is 0 Å². The number of hydrogen-bond donors (Lipinski definition) is 1. The second-order valence-electron chi connectivity index (χ2n) is 4.31. The highest BCUT2D eigenvalue weighted by atomic mass is 16.5. The summed E-state index contributed by atoms with van der Waals surface area (Å²) in [7, 11) is 1.51. The molecule has 0 fully saturated rings. The van der Waals surface area contributed by atoms with Crippen molar-refractivity contribution in [3.63, 3.8) is 0 Å². The summed E-state index contributed by atoms with van der Waals surface area (Å²) in [6.07, 6.45) is 0.659. The molecule has 1 aliphatic rings. The first-order valence-electron chi connectivity index (χ1n) is 5.71. The molecule has 0 bridgehead atoms. The van der Waals surface area contributed by atoms with E-state index in [-0.39, 0.29) is 11.5 Å². The summed E-state index contributed by atoms with van der Waals surface area (Å²) < 4.78 is 5.10. The van der Waals surface area contributed by atoms with Crippen LogP contribution < -0.4 is 4.74 Å². The molecule has 0 atom stereocenters. The molecule has 0 aromatic heterocycles. The number of carbonyl (C=O) groups excluding carboxylic acids is 1. The third kappa shape index (κ3) is 2.16. The lowest BCUT2D eigenvalue weighted by atomic mass is 9.94. The van der Waals surface area contributed by atoms with Gasteiger partial charge in [-0.25, -0.2) is 4.79 Å². The van der Waals surface area contributed by atoms with Crippen LogP contribution in [0.25, 0.3) is 0 Å². The fourth-order valence-corrected chi connectivity index (χ4v) is 2.22. The average molecular weight is 249 g/mol. The Morgan fingerprint density at radius 1 is 1.39 bits per heavy atom. The average Bonchev–Trinajstić information content (AvgIpc) is 2.36. The van der Waals surface area contributed by atoms with E-state index in [1.807, 2.05) is 6.07 Å². The third-order valence-electron chi connectivity index (χ3n) is 3.23. The van der Waals surface area contributed by atoms with Crippen LogP contribution in [-0.4, -0.2) is 35.5 Å². The van der Waals surface area contributed by atoms with Gasteiger partial charge < -0.3 is 14.7 Å². The van der Waals surface area contributed by atoms with E-state index in [9.17, 15) is 14.7 Å². The lowest BCUT2D eigenvalue weighted by Gasteiger charge is -2.29. The molecule has 0 aliphatic carbocycles. The van der Waals surface area contributed by atoms with Gasteiger partial charge in [0.1, 0.15) is 5.75 Å². The van der Waals surface area contributed by atoms with Crippen molar-refractivity contribution in [2.45, 2.75) is 19.9 Å². The predicted molar refractivity (Wildman–Crippen MR) is 64.7 cm³/mol. The number of benzene rings is 1. The molecule has 0 saturated carbocycles. The number of nitrogens with zero attached hydrogens (tertiary/aromatic N) is 1. The van der Waals surface area contributed by atoms with Gasteiger partial charge in [-0.15, -0.1) is 0 Å². The van der Waals surface area contributed by atoms with Gasteiger partial charge in [0, 0.05) is 20.0 Å². The van der Waals surface area contributed by atoms with E-state index in [2.05, 4.69) is 0 Å². The van der Waals surface area contributed by atoms with Gasteiger partial charge in [-0.2, -0.15) is 0 Å². The molecule has 1 heterocycles. The first-order chi connectivity index (χ1) is 8.52. The second kappa shape index (κ2) is 4.68. The number of hydrogen-bond acceptors (Lipinski definition) is 3. The summed E-state index contributed by atoms with van der Waals surface area (Å²) in [4.78, 5) is 24.3. The Kier molecular flexibility index (Phi) is 3.23. The number of carboxylic acids is 1. The first-order valence-corrected chi connectivity index (χ1v) is 5.71. The SMILES string of the molecule is COc1cc2c(c(C(=O)O)c1)CN(C(C)=O)CC2. The summed E-state index contributed by atoms with van der Waals surface area (Å²) in [5, 5.41) is 9.23. The Hall–Kier alpha value is -2.04. The van der Waals surface area contributed by atoms with Crippen LogP contribution in [0.5, 0.6) is 5.75 Å². The van der Waals surface area contributed by atoms with Crippen molar-refractivity contribution in [1.82, 2.24) is 4.90 Å². The number of fused-ring (bicyclic) bond motifs is 1. The maximum absolute atomic E-state index is 11.4. The van der Waals surface area contributed by atoms with E-state index in [1.54, 1.807) is 4.90 Å². The molecular formula is C13H15NO4. The molecule has 1 N–H and O–H groups in total. The van der Waals surface area contributed by atoms with Crippen molar-refractivity contribution in [2.75, 3.05) is 13.7 Å². The quantitative estimate of drug-likeness (QED) is 0.857. The maximum atomic E-state index is 11.4. The number of carboxylic acid groups (broad SMARTS) is 1. The summed E-state index contributed by atoms with van der Waals surface area (Å²) in [6, 6.07) is 3.35. The van der Waals surface area contributed by atoms with Gasteiger partial charge >= 0.3 is 5.97 Å². The monoisotopic (exact) mass is 249 g/mol. The van der Waals surface area contributed by atoms with Crippen LogP contribution >= 0.6 is 0 Å². The molecule has 0 saturated heterocycles. The number of ether oxygens (including phenoxy) is 1. The number of carbonyl (C=O) groups is 2. The number of amides is 1. The Morgan fingerprint density at radius 2 is 2.11 bits per heavy atom. The Labute approximate surface area is 105 Å². The van der Waals surface area contributed by atoms with Crippen LogP contribution in [0, 0.1) is 0 Å². The summed E-state index contributed by atoms with van der Waals surface area (Å²) in [6.45, 7) is 2.47. The molecule has 5 heteroatoms. The molecule has 18 heavy (non-hydrogen) atoms. The fourth-order valence-electron chi connectivity index (χ4n) is 2.22. The first kappa shape index (κ1) is 12.4. The van der Waals surface area contributed by atoms with Crippen molar-refractivity contribution in [3.05, 3.63) is 28.8 Å². The highest BCUT2D eigenvalue weighted by Gasteiger charge is 2.24. The zero-order valence-electron chi connectivity index (χ0n) is 10.4. The van der Waals surface area contributed by atoms with Crippen LogP contribution in [0.1, 0.15) is 28.4 Å². The molecule has 0 unspecified atom stereocenters. The van der Waals surface area contributed by atoms with Crippen molar-refractivity contribution >= 4 is 11.9 Å². The minimum Gasteiger partial charge on any atom is -0.497 e. The van der Waals surface area contributed by atoms with Crippen LogP contribution in [-0.2, 0) is 17.8 Å². The second-order valence-corrected chi connectivity index (χ2v) is 4.31. The van der Waals surface area contributed by atoms with E-state index < -0.39 is 5.97 Å². The largest absolute Gasteiger partial charge is 0.497 e. The van der Waals surface area contributed by atoms with E-state index in [0.717, 1.165) is 5.56 Å².